The Bertz CT molecular complexity index is 1340. The molecule has 188 valence electrons. The zero-order valence-electron chi connectivity index (χ0n) is 19.4. The van der Waals surface area contributed by atoms with Crippen LogP contribution in [0.15, 0.2) is 41.8 Å². The molecule has 2 aliphatic heterocycles. The van der Waals surface area contributed by atoms with Gasteiger partial charge in [-0.05, 0) is 49.1 Å². The average Bonchev–Trinajstić information content (AvgIpc) is 3.33. The fraction of sp³-hybridized carbons (Fsp3) is 0.360. The number of aromatic nitrogens is 2. The van der Waals surface area contributed by atoms with E-state index in [1.165, 1.54) is 35.5 Å². The number of oxime groups is 1. The first-order valence-electron chi connectivity index (χ1n) is 11.8. The molecule has 0 saturated carbocycles. The highest BCUT2D eigenvalue weighted by Gasteiger charge is 2.28. The molecule has 2 aliphatic rings. The third-order valence-electron chi connectivity index (χ3n) is 6.97. The quantitative estimate of drug-likeness (QED) is 0.219. The van der Waals surface area contributed by atoms with Crippen molar-refractivity contribution in [3.05, 3.63) is 53.9 Å². The first-order valence-corrected chi connectivity index (χ1v) is 11.8. The third kappa shape index (κ3) is 4.41. The van der Waals surface area contributed by atoms with E-state index in [9.17, 15) is 14.3 Å². The number of anilines is 1. The summed E-state index contributed by atoms with van der Waals surface area (Å²) in [6, 6.07) is 6.81. The molecule has 9 nitrogen and oxygen atoms in total. The number of amides is 1. The number of aliphatic hydroxyl groups is 1. The van der Waals surface area contributed by atoms with Gasteiger partial charge < -0.3 is 25.8 Å². The number of piperidine rings is 1. The molecule has 3 aromatic rings. The van der Waals surface area contributed by atoms with Crippen LogP contribution in [0.2, 0.25) is 0 Å². The smallest absolute Gasteiger partial charge is 0.256 e. The molecule has 1 aromatic heterocycles. The van der Waals surface area contributed by atoms with Crippen LogP contribution in [-0.4, -0.2) is 69.2 Å². The molecular formula is C25H26F2N6O3. The summed E-state index contributed by atoms with van der Waals surface area (Å²) in [6.45, 7) is 1.70. The van der Waals surface area contributed by atoms with Crippen LogP contribution in [0.1, 0.15) is 29.6 Å². The van der Waals surface area contributed by atoms with Gasteiger partial charge in [0.15, 0.2) is 0 Å². The molecule has 0 aliphatic carbocycles. The molecule has 2 fully saturated rings. The van der Waals surface area contributed by atoms with E-state index >= 15 is 4.39 Å². The highest BCUT2D eigenvalue weighted by atomic mass is 19.1. The number of hydrogen-bond acceptors (Lipinski definition) is 7. The molecule has 11 heteroatoms. The third-order valence-corrected chi connectivity index (χ3v) is 6.97. The number of fused-ring (bicyclic) bond motifs is 1. The van der Waals surface area contributed by atoms with E-state index in [4.69, 9.17) is 10.9 Å². The normalized spacial score (nSPS) is 19.3. The van der Waals surface area contributed by atoms with Crippen molar-refractivity contribution in [2.24, 2.45) is 16.8 Å². The predicted octanol–water partition coefficient (Wildman–Crippen LogP) is 2.74. The van der Waals surface area contributed by atoms with E-state index in [0.717, 1.165) is 0 Å². The van der Waals surface area contributed by atoms with Gasteiger partial charge in [-0.2, -0.15) is 0 Å². The van der Waals surface area contributed by atoms with Gasteiger partial charge in [0.2, 0.25) is 0 Å². The van der Waals surface area contributed by atoms with Crippen molar-refractivity contribution in [3.8, 4) is 11.1 Å². The summed E-state index contributed by atoms with van der Waals surface area (Å²) in [5.41, 5.74) is 6.87. The lowest BCUT2D eigenvalue weighted by molar-refractivity contribution is 0.0760. The standard InChI is InChI=1S/C25H26F2N6O3/c26-16-10-19(15-1-2-18(21(27)9-15)25(35)33-8-5-17(34)12-33)22-20(11-16)24(30-13-29-22)32-6-3-14(4-7-32)23(28)31-36/h1-2,9-11,13-14,17,34,36H,3-8,12H2,(H2,28,31)/t17-/m0/s1. The van der Waals surface area contributed by atoms with Crippen molar-refractivity contribution >= 4 is 28.5 Å². The number of carbonyl (C=O) groups excluding carboxylic acids is 1. The molecule has 36 heavy (non-hydrogen) atoms. The fourth-order valence-corrected chi connectivity index (χ4v) is 5.01. The van der Waals surface area contributed by atoms with Gasteiger partial charge in [0.25, 0.3) is 5.91 Å². The van der Waals surface area contributed by atoms with Crippen LogP contribution in [0.5, 0.6) is 0 Å². The van der Waals surface area contributed by atoms with Crippen LogP contribution in [0, 0.1) is 17.6 Å². The van der Waals surface area contributed by atoms with E-state index in [1.54, 1.807) is 6.07 Å². The van der Waals surface area contributed by atoms with Crippen LogP contribution in [0.3, 0.4) is 0 Å². The Morgan fingerprint density at radius 1 is 1.08 bits per heavy atom. The number of β-amino-alcohol motifs (C(OH)–C–C–N with tert-alkyl or cyclic N) is 1. The molecule has 1 amide bonds. The predicted molar refractivity (Wildman–Crippen MR) is 130 cm³/mol. The molecule has 4 N–H and O–H groups in total. The minimum atomic E-state index is -0.726. The van der Waals surface area contributed by atoms with Gasteiger partial charge in [0.1, 0.15) is 29.6 Å². The molecule has 0 unspecified atom stereocenters. The first-order chi connectivity index (χ1) is 17.4. The van der Waals surface area contributed by atoms with E-state index < -0.39 is 23.6 Å². The van der Waals surface area contributed by atoms with E-state index in [0.29, 0.717) is 66.7 Å². The fourth-order valence-electron chi connectivity index (χ4n) is 5.01. The van der Waals surface area contributed by atoms with Crippen molar-refractivity contribution in [2.45, 2.75) is 25.4 Å². The lowest BCUT2D eigenvalue weighted by Gasteiger charge is -2.32. The minimum Gasteiger partial charge on any atom is -0.409 e. The van der Waals surface area contributed by atoms with Crippen LogP contribution < -0.4 is 10.6 Å². The Hall–Kier alpha value is -3.86. The second-order valence-electron chi connectivity index (χ2n) is 9.22. The lowest BCUT2D eigenvalue weighted by atomic mass is 9.95. The largest absolute Gasteiger partial charge is 0.409 e. The van der Waals surface area contributed by atoms with Gasteiger partial charge in [0.05, 0.1) is 17.2 Å². The minimum absolute atomic E-state index is 0.0420. The van der Waals surface area contributed by atoms with Crippen LogP contribution in [0.4, 0.5) is 14.6 Å². The van der Waals surface area contributed by atoms with Crippen LogP contribution in [0.25, 0.3) is 22.0 Å². The number of halogens is 2. The number of carbonyl (C=O) groups is 1. The van der Waals surface area contributed by atoms with Gasteiger partial charge in [-0.1, -0.05) is 11.2 Å². The topological polar surface area (TPSA) is 128 Å². The van der Waals surface area contributed by atoms with Crippen LogP contribution in [-0.2, 0) is 0 Å². The van der Waals surface area contributed by atoms with Crippen molar-refractivity contribution in [2.75, 3.05) is 31.1 Å². The number of nitrogens with zero attached hydrogens (tertiary/aromatic N) is 5. The number of nitrogens with two attached hydrogens (primary N) is 1. The van der Waals surface area contributed by atoms with E-state index in [2.05, 4.69) is 15.1 Å². The average molecular weight is 497 g/mol. The van der Waals surface area contributed by atoms with Gasteiger partial charge >= 0.3 is 0 Å². The Morgan fingerprint density at radius 3 is 2.53 bits per heavy atom. The zero-order valence-corrected chi connectivity index (χ0v) is 19.4. The Morgan fingerprint density at radius 2 is 1.86 bits per heavy atom. The number of likely N-dealkylation sites (tertiary alicyclic amines) is 1. The number of hydrogen-bond donors (Lipinski definition) is 3. The maximum atomic E-state index is 15.1. The van der Waals surface area contributed by atoms with Crippen LogP contribution >= 0.6 is 0 Å². The van der Waals surface area contributed by atoms with Crippen molar-refractivity contribution in [3.63, 3.8) is 0 Å². The summed E-state index contributed by atoms with van der Waals surface area (Å²) < 4.78 is 29.8. The molecule has 0 radical (unpaired) electrons. The van der Waals surface area contributed by atoms with Gasteiger partial charge in [-0.3, -0.25) is 4.79 Å². The van der Waals surface area contributed by atoms with Gasteiger partial charge in [0, 0.05) is 43.0 Å². The highest BCUT2D eigenvalue weighted by molar-refractivity contribution is 6.00. The summed E-state index contributed by atoms with van der Waals surface area (Å²) in [6.07, 6.45) is 2.55. The molecule has 0 bridgehead atoms. The Kier molecular flexibility index (Phi) is 6.40. The van der Waals surface area contributed by atoms with Crippen molar-refractivity contribution in [1.29, 1.82) is 0 Å². The summed E-state index contributed by atoms with van der Waals surface area (Å²) in [7, 11) is 0. The van der Waals surface area contributed by atoms with Gasteiger partial charge in [-0.15, -0.1) is 0 Å². The summed E-state index contributed by atoms with van der Waals surface area (Å²) in [4.78, 5) is 24.9. The maximum Gasteiger partial charge on any atom is 0.256 e. The lowest BCUT2D eigenvalue weighted by Crippen LogP contribution is -2.39. The summed E-state index contributed by atoms with van der Waals surface area (Å²) in [5.74, 6) is -1.03. The second-order valence-corrected chi connectivity index (χ2v) is 9.22. The SMILES string of the molecule is N/C(=N\O)C1CCN(c2ncnc3c(-c4ccc(C(=O)N5CC[C@H](O)C5)c(F)c4)cc(F)cc23)CC1. The summed E-state index contributed by atoms with van der Waals surface area (Å²) in [5, 5.41) is 22.2. The molecular weight excluding hydrogens is 470 g/mol. The molecule has 2 aromatic carbocycles. The van der Waals surface area contributed by atoms with Crippen molar-refractivity contribution < 1.29 is 23.9 Å². The molecule has 5 rings (SSSR count). The first kappa shape index (κ1) is 23.9. The Labute approximate surface area is 205 Å². The number of amidine groups is 1. The van der Waals surface area contributed by atoms with Crippen molar-refractivity contribution in [1.82, 2.24) is 14.9 Å². The number of aliphatic hydroxyl groups excluding tert-OH is 1. The van der Waals surface area contributed by atoms with Gasteiger partial charge in [-0.25, -0.2) is 18.7 Å². The highest BCUT2D eigenvalue weighted by Crippen LogP contribution is 2.35. The summed E-state index contributed by atoms with van der Waals surface area (Å²) >= 11 is 0. The number of benzene rings is 2. The number of rotatable bonds is 4. The monoisotopic (exact) mass is 496 g/mol. The molecule has 0 spiro atoms. The molecule has 2 saturated heterocycles. The maximum absolute atomic E-state index is 15.1. The molecule has 3 heterocycles. The zero-order chi connectivity index (χ0) is 25.4. The van der Waals surface area contributed by atoms with E-state index in [-0.39, 0.29) is 23.9 Å². The second kappa shape index (κ2) is 9.65. The Balaban J connectivity index is 1.48. The van der Waals surface area contributed by atoms with E-state index in [1.807, 2.05) is 4.90 Å². The molecule has 1 atom stereocenters.